The van der Waals surface area contributed by atoms with Gasteiger partial charge in [-0.2, -0.15) is 0 Å². The second kappa shape index (κ2) is 32.9. The highest BCUT2D eigenvalue weighted by molar-refractivity contribution is 7.79. The largest absolute Gasteiger partial charge is 0.480 e. The molecular formula is C64H62ClN3O6S. The van der Waals surface area contributed by atoms with Crippen LogP contribution in [0.4, 0.5) is 0 Å². The predicted molar refractivity (Wildman–Crippen MR) is 310 cm³/mol. The molecule has 0 bridgehead atoms. The number of carboxylic acid groups (broad SMARTS) is 3. The maximum absolute atomic E-state index is 10.8. The fourth-order valence-corrected chi connectivity index (χ4v) is 7.15. The average molecular weight is 1040 g/mol. The summed E-state index contributed by atoms with van der Waals surface area (Å²) in [6.45, 7) is 5.85. The van der Waals surface area contributed by atoms with Gasteiger partial charge in [0.25, 0.3) is 0 Å². The zero-order valence-electron chi connectivity index (χ0n) is 42.9. The molecule has 75 heavy (non-hydrogen) atoms. The van der Waals surface area contributed by atoms with Crippen molar-refractivity contribution in [1.82, 2.24) is 14.7 Å². The molecule has 11 heteroatoms. The van der Waals surface area contributed by atoms with Crippen LogP contribution >= 0.6 is 23.8 Å². The number of nitrogens with zero attached hydrogens (tertiary/aromatic N) is 3. The van der Waals surface area contributed by atoms with E-state index in [4.69, 9.17) is 39.1 Å². The van der Waals surface area contributed by atoms with Crippen molar-refractivity contribution >= 4 is 63.8 Å². The zero-order chi connectivity index (χ0) is 54.4. The summed E-state index contributed by atoms with van der Waals surface area (Å²) in [7, 11) is 5.31. The Morgan fingerprint density at radius 1 is 0.493 bits per heavy atom. The predicted octanol–water partition coefficient (Wildman–Crippen LogP) is 11.5. The lowest BCUT2D eigenvalue weighted by Gasteiger charge is -2.11. The Morgan fingerprint density at radius 3 is 1.17 bits per heavy atom. The smallest absolute Gasteiger partial charge is 0.317 e. The number of benzene rings is 6. The van der Waals surface area contributed by atoms with E-state index in [-0.39, 0.29) is 19.6 Å². The van der Waals surface area contributed by atoms with E-state index in [1.165, 1.54) is 5.56 Å². The van der Waals surface area contributed by atoms with E-state index in [9.17, 15) is 14.4 Å². The van der Waals surface area contributed by atoms with E-state index in [1.807, 2.05) is 158 Å². The zero-order valence-corrected chi connectivity index (χ0v) is 44.5. The molecular weight excluding hydrogens is 974 g/mol. The van der Waals surface area contributed by atoms with E-state index in [1.54, 1.807) is 53.3 Å². The topological polar surface area (TPSA) is 122 Å². The molecule has 0 aliphatic carbocycles. The third kappa shape index (κ3) is 23.5. The molecule has 6 aromatic rings. The van der Waals surface area contributed by atoms with Gasteiger partial charge in [0.15, 0.2) is 0 Å². The minimum absolute atomic E-state index is 0.00264. The van der Waals surface area contributed by atoms with Crippen molar-refractivity contribution in [1.29, 1.82) is 0 Å². The van der Waals surface area contributed by atoms with Crippen molar-refractivity contribution in [2.24, 2.45) is 0 Å². The number of hydrogen-bond acceptors (Lipinski definition) is 7. The molecule has 0 saturated heterocycles. The first-order valence-corrected chi connectivity index (χ1v) is 24.9. The van der Waals surface area contributed by atoms with Gasteiger partial charge in [0.05, 0.1) is 19.6 Å². The number of rotatable bonds is 17. The summed E-state index contributed by atoms with van der Waals surface area (Å²) in [5, 5.41) is 28.9. The molecule has 0 aliphatic heterocycles. The molecule has 0 aliphatic rings. The fourth-order valence-electron chi connectivity index (χ4n) is 6.82. The van der Waals surface area contributed by atoms with E-state index in [2.05, 4.69) is 61.5 Å². The molecule has 0 saturated carbocycles. The van der Waals surface area contributed by atoms with Crippen LogP contribution in [-0.2, 0) is 14.4 Å². The quantitative estimate of drug-likeness (QED) is 0.0601. The van der Waals surface area contributed by atoms with Crippen LogP contribution < -0.4 is 0 Å². The monoisotopic (exact) mass is 1040 g/mol. The van der Waals surface area contributed by atoms with Gasteiger partial charge in [-0.3, -0.25) is 29.1 Å². The summed E-state index contributed by atoms with van der Waals surface area (Å²) in [4.78, 5) is 37.6. The molecule has 0 amide bonds. The normalized spacial score (nSPS) is 11.1. The second-order valence-electron chi connectivity index (χ2n) is 17.5. The highest BCUT2D eigenvalue weighted by atomic mass is 35.5. The van der Waals surface area contributed by atoms with Crippen LogP contribution in [0.2, 0.25) is 5.02 Å². The summed E-state index contributed by atoms with van der Waals surface area (Å²) < 4.78 is 0. The Hall–Kier alpha value is -8.11. The molecule has 0 aromatic heterocycles. The number of carboxylic acids is 3. The molecule has 0 radical (unpaired) electrons. The second-order valence-corrected chi connectivity index (χ2v) is 18.1. The van der Waals surface area contributed by atoms with Crippen LogP contribution in [0, 0.1) is 35.5 Å². The molecule has 0 spiro atoms. The van der Waals surface area contributed by atoms with Crippen molar-refractivity contribution in [3.05, 3.63) is 232 Å². The lowest BCUT2D eigenvalue weighted by molar-refractivity contribution is -0.138. The lowest BCUT2D eigenvalue weighted by atomic mass is 10.0. The summed E-state index contributed by atoms with van der Waals surface area (Å²) in [5.74, 6) is 17.1. The Balaban J connectivity index is 0.000000244. The van der Waals surface area contributed by atoms with E-state index < -0.39 is 17.9 Å². The number of halogens is 1. The first kappa shape index (κ1) is 59.5. The van der Waals surface area contributed by atoms with Crippen LogP contribution in [-0.4, -0.2) is 114 Å². The third-order valence-electron chi connectivity index (χ3n) is 10.8. The molecule has 9 nitrogen and oxygen atoms in total. The number of likely N-dealkylation sites (N-methyl/N-ethyl adjacent to an activating group) is 3. The van der Waals surface area contributed by atoms with Crippen molar-refractivity contribution < 1.29 is 29.7 Å². The summed E-state index contributed by atoms with van der Waals surface area (Å²) in [6.07, 6.45) is 5.88. The Kier molecular flexibility index (Phi) is 26.0. The van der Waals surface area contributed by atoms with Crippen molar-refractivity contribution in [2.75, 3.05) is 60.4 Å². The SMILES string of the molecule is CC(C)c1ccc(C#CC(=CCN(C)CC(=O)O)c2ccccc2)cc1.CN(CC=C(C#Cc1ccc(Cl)cc1)c1ccccc1)CC(=O)O.CN(CC=C(C#Cc1ccccc1C=S)c1ccccc1)CC(=O)O. The van der Waals surface area contributed by atoms with Crippen LogP contribution in [0.5, 0.6) is 0 Å². The Bertz CT molecular complexity index is 3080. The van der Waals surface area contributed by atoms with Gasteiger partial charge >= 0.3 is 17.9 Å². The van der Waals surface area contributed by atoms with Crippen LogP contribution in [0.15, 0.2) is 182 Å². The fraction of sp³-hybridized carbons (Fsp3) is 0.188. The minimum atomic E-state index is -0.849. The van der Waals surface area contributed by atoms with E-state index in [0.29, 0.717) is 30.6 Å². The Morgan fingerprint density at radius 2 is 0.827 bits per heavy atom. The van der Waals surface area contributed by atoms with E-state index >= 15 is 0 Å². The van der Waals surface area contributed by atoms with Crippen molar-refractivity contribution in [3.8, 4) is 35.5 Å². The standard InChI is InChI=1S/C23H25NO2.C21H19NO2S.C20H18ClNO2/c1-18(2)20-12-9-19(10-13-20)11-14-22(21-7-5-4-6-8-21)15-16-24(3)17-23(25)26;1-22(15-21(23)24)14-13-19(17-7-3-2-4-8-17)12-11-18-9-5-6-10-20(18)16-25;1-22(15-20(23)24)14-13-18(17-5-3-2-4-6-17)10-7-16-8-11-19(21)12-9-16/h4-10,12-13,15,18H,16-17H2,1-3H3,(H,25,26);2-10,13,16H,14-15H2,1H3,(H,23,24);2-6,8-9,11-13H,14-15H2,1H3,(H,23,24). The maximum Gasteiger partial charge on any atom is 0.317 e. The summed E-state index contributed by atoms with van der Waals surface area (Å²) in [5.41, 5.74) is 10.6. The molecule has 0 unspecified atom stereocenters. The van der Waals surface area contributed by atoms with Crippen LogP contribution in [0.1, 0.15) is 64.3 Å². The van der Waals surface area contributed by atoms with Gasteiger partial charge in [0, 0.05) is 69.0 Å². The summed E-state index contributed by atoms with van der Waals surface area (Å²) in [6, 6.07) is 53.0. The van der Waals surface area contributed by atoms with E-state index in [0.717, 1.165) is 55.7 Å². The number of thiocarbonyl (C=S) groups is 1. The summed E-state index contributed by atoms with van der Waals surface area (Å²) >= 11 is 10.9. The molecule has 6 aromatic carbocycles. The highest BCUT2D eigenvalue weighted by Gasteiger charge is 2.07. The van der Waals surface area contributed by atoms with Gasteiger partial charge in [0.1, 0.15) is 0 Å². The van der Waals surface area contributed by atoms with Gasteiger partial charge in [-0.25, -0.2) is 0 Å². The van der Waals surface area contributed by atoms with Gasteiger partial charge in [-0.15, -0.1) is 0 Å². The highest BCUT2D eigenvalue weighted by Crippen LogP contribution is 2.18. The lowest BCUT2D eigenvalue weighted by Crippen LogP contribution is -2.25. The number of hydrogen-bond donors (Lipinski definition) is 3. The van der Waals surface area contributed by atoms with Crippen molar-refractivity contribution in [3.63, 3.8) is 0 Å². The molecule has 0 atom stereocenters. The maximum atomic E-state index is 10.8. The molecule has 0 fully saturated rings. The Labute approximate surface area is 453 Å². The molecule has 3 N–H and O–H groups in total. The minimum Gasteiger partial charge on any atom is -0.480 e. The molecule has 6 rings (SSSR count). The number of carbonyl (C=O) groups is 3. The van der Waals surface area contributed by atoms with Crippen LogP contribution in [0.25, 0.3) is 16.7 Å². The third-order valence-corrected chi connectivity index (χ3v) is 11.3. The first-order chi connectivity index (χ1) is 36.1. The van der Waals surface area contributed by atoms with Crippen LogP contribution in [0.3, 0.4) is 0 Å². The molecule has 0 heterocycles. The van der Waals surface area contributed by atoms with Gasteiger partial charge < -0.3 is 15.3 Å². The van der Waals surface area contributed by atoms with Gasteiger partial charge in [0.2, 0.25) is 0 Å². The number of aliphatic carboxylic acids is 3. The van der Waals surface area contributed by atoms with Crippen molar-refractivity contribution in [2.45, 2.75) is 19.8 Å². The first-order valence-electron chi connectivity index (χ1n) is 24.0. The average Bonchev–Trinajstić information content (AvgIpc) is 3.40. The molecule has 382 valence electrons. The number of allylic oxidation sites excluding steroid dienone is 3. The van der Waals surface area contributed by atoms with Gasteiger partial charge in [-0.1, -0.05) is 213 Å². The van der Waals surface area contributed by atoms with Gasteiger partial charge in [-0.05, 0) is 91.8 Å².